The smallest absolute Gasteiger partial charge is 0.244 e. The van der Waals surface area contributed by atoms with E-state index in [1.165, 1.54) is 165 Å². The van der Waals surface area contributed by atoms with E-state index in [4.69, 9.17) is 9.47 Å². The highest BCUT2D eigenvalue weighted by molar-refractivity contribution is 7.03. The van der Waals surface area contributed by atoms with Gasteiger partial charge in [0.15, 0.2) is 0 Å². The van der Waals surface area contributed by atoms with Crippen LogP contribution in [0, 0.1) is 41.5 Å². The molecule has 64 heavy (non-hydrogen) atoms. The average molecular weight is 819 g/mol. The van der Waals surface area contributed by atoms with Crippen LogP contribution in [0.3, 0.4) is 0 Å². The van der Waals surface area contributed by atoms with Crippen LogP contribution in [-0.2, 0) is 0 Å². The standard InChI is InChI=1S/C60H44B2O2/c1-29-15-17-49-37(19-29)47-23-36(64-8)24-48-42-26-40(54-33(5)13-10-14-34(54)6)44-27-51-55-41(46-21-30(2)20-45-38-22-35(63-7)16-18-50(38)62(51)59(45)46)25-39(53-31(3)11-9-12-32(53)4)43-28-52(61(49)60(47)48)56(42)58(44)57(43)55/h9-28H,1-8H3. The molecule has 0 saturated carbocycles. The first-order valence-corrected chi connectivity index (χ1v) is 22.8. The molecule has 0 fully saturated rings. The fraction of sp³-hybridized carbons (Fsp3) is 0.133. The molecule has 4 heterocycles. The zero-order chi connectivity index (χ0) is 43.2. The number of benzene rings is 10. The van der Waals surface area contributed by atoms with Crippen LogP contribution >= 0.6 is 0 Å². The number of methoxy groups -OCH3 is 2. The molecule has 10 aromatic rings. The summed E-state index contributed by atoms with van der Waals surface area (Å²) in [4.78, 5) is 0. The van der Waals surface area contributed by atoms with E-state index < -0.39 is 0 Å². The maximum Gasteiger partial charge on any atom is 0.244 e. The summed E-state index contributed by atoms with van der Waals surface area (Å²) in [5.41, 5.74) is 31.9. The molecule has 0 saturated heterocycles. The Morgan fingerprint density at radius 1 is 0.328 bits per heavy atom. The lowest BCUT2D eigenvalue weighted by Gasteiger charge is -2.33. The summed E-state index contributed by atoms with van der Waals surface area (Å²) in [7, 11) is 3.60. The summed E-state index contributed by atoms with van der Waals surface area (Å²) in [6, 6.07) is 47.5. The molecule has 302 valence electrons. The Bertz CT molecular complexity index is 3790. The highest BCUT2D eigenvalue weighted by Gasteiger charge is 2.45. The third kappa shape index (κ3) is 4.39. The molecule has 0 amide bonds. The summed E-state index contributed by atoms with van der Waals surface area (Å²) in [6.45, 7) is 13.9. The topological polar surface area (TPSA) is 18.5 Å². The van der Waals surface area contributed by atoms with Crippen molar-refractivity contribution in [2.45, 2.75) is 41.5 Å². The van der Waals surface area contributed by atoms with E-state index in [1.54, 1.807) is 7.11 Å². The fourth-order valence-corrected chi connectivity index (χ4v) is 13.4. The first-order valence-electron chi connectivity index (χ1n) is 22.8. The molecule has 0 spiro atoms. The molecule has 0 aliphatic carbocycles. The van der Waals surface area contributed by atoms with Crippen LogP contribution in [0.1, 0.15) is 33.4 Å². The molecule has 0 unspecified atom stereocenters. The SMILES string of the molecule is COc1ccc2c(c1)-c1cc(C)cc3c1B2c1cc2c(-c4c(C)cccc4C)cc4c5c(cc6c(-c7c(C)cccc7C)cc-3c1c6c25)B1c2ccc(C)cc2-c2cc(OC)cc-4c21. The fourth-order valence-electron chi connectivity index (χ4n) is 13.4. The Hall–Kier alpha value is -7.03. The van der Waals surface area contributed by atoms with Crippen molar-refractivity contribution < 1.29 is 9.47 Å². The highest BCUT2D eigenvalue weighted by Crippen LogP contribution is 2.52. The van der Waals surface area contributed by atoms with Crippen molar-refractivity contribution >= 4 is 78.5 Å². The van der Waals surface area contributed by atoms with Gasteiger partial charge in [0.05, 0.1) is 14.2 Å². The summed E-state index contributed by atoms with van der Waals surface area (Å²) < 4.78 is 12.1. The summed E-state index contributed by atoms with van der Waals surface area (Å²) >= 11 is 0. The van der Waals surface area contributed by atoms with Gasteiger partial charge in [-0.25, -0.2) is 0 Å². The van der Waals surface area contributed by atoms with Crippen LogP contribution in [0.5, 0.6) is 11.5 Å². The first kappa shape index (κ1) is 36.5. The molecule has 0 atom stereocenters. The van der Waals surface area contributed by atoms with Gasteiger partial charge in [-0.15, -0.1) is 0 Å². The molecule has 0 aromatic heterocycles. The van der Waals surface area contributed by atoms with Gasteiger partial charge in [0, 0.05) is 0 Å². The van der Waals surface area contributed by atoms with E-state index in [-0.39, 0.29) is 13.4 Å². The number of aryl methyl sites for hydroxylation is 6. The van der Waals surface area contributed by atoms with Crippen molar-refractivity contribution in [3.05, 3.63) is 155 Å². The van der Waals surface area contributed by atoms with Crippen molar-refractivity contribution in [1.82, 2.24) is 0 Å². The maximum atomic E-state index is 6.18. The number of hydrogen-bond acceptors (Lipinski definition) is 2. The number of ether oxygens (including phenoxy) is 2. The minimum Gasteiger partial charge on any atom is -0.497 e. The van der Waals surface area contributed by atoms with Crippen molar-refractivity contribution in [2.24, 2.45) is 0 Å². The van der Waals surface area contributed by atoms with Crippen LogP contribution in [0.2, 0.25) is 0 Å². The van der Waals surface area contributed by atoms with Gasteiger partial charge in [-0.2, -0.15) is 0 Å². The lowest BCUT2D eigenvalue weighted by molar-refractivity contribution is 0.415. The largest absolute Gasteiger partial charge is 0.497 e. The summed E-state index contributed by atoms with van der Waals surface area (Å²) in [5, 5.41) is 8.23. The summed E-state index contributed by atoms with van der Waals surface area (Å²) in [6.07, 6.45) is 0. The number of rotatable bonds is 4. The van der Waals surface area contributed by atoms with E-state index in [0.717, 1.165) is 11.5 Å². The van der Waals surface area contributed by atoms with Gasteiger partial charge in [-0.05, 0) is 205 Å². The van der Waals surface area contributed by atoms with Crippen LogP contribution in [0.15, 0.2) is 121 Å². The Balaban J connectivity index is 1.26. The Morgan fingerprint density at radius 3 is 1.27 bits per heavy atom. The molecule has 0 N–H and O–H groups in total. The average Bonchev–Trinajstić information content (AvgIpc) is 3.79. The van der Waals surface area contributed by atoms with Gasteiger partial charge in [0.25, 0.3) is 0 Å². The molecule has 4 aliphatic rings. The second-order valence-corrected chi connectivity index (χ2v) is 19.3. The number of hydrogen-bond donors (Lipinski definition) is 0. The molecular weight excluding hydrogens is 774 g/mol. The van der Waals surface area contributed by atoms with Gasteiger partial charge < -0.3 is 9.47 Å². The van der Waals surface area contributed by atoms with E-state index in [2.05, 4.69) is 163 Å². The zero-order valence-electron chi connectivity index (χ0n) is 37.5. The lowest BCUT2D eigenvalue weighted by atomic mass is 9.34. The van der Waals surface area contributed by atoms with E-state index in [0.29, 0.717) is 0 Å². The van der Waals surface area contributed by atoms with Gasteiger partial charge in [0.2, 0.25) is 13.4 Å². The Kier molecular flexibility index (Phi) is 7.04. The van der Waals surface area contributed by atoms with E-state index in [1.807, 2.05) is 7.11 Å². The predicted molar refractivity (Wildman–Crippen MR) is 274 cm³/mol. The van der Waals surface area contributed by atoms with Crippen LogP contribution in [-0.4, -0.2) is 27.6 Å². The third-order valence-electron chi connectivity index (χ3n) is 15.8. The molecule has 0 radical (unpaired) electrons. The Morgan fingerprint density at radius 2 is 0.750 bits per heavy atom. The maximum absolute atomic E-state index is 6.18. The molecule has 4 aliphatic heterocycles. The van der Waals surface area contributed by atoms with Crippen molar-refractivity contribution in [1.29, 1.82) is 0 Å². The minimum atomic E-state index is 0.0898. The van der Waals surface area contributed by atoms with Crippen LogP contribution in [0.25, 0.3) is 99.1 Å². The molecule has 0 bridgehead atoms. The van der Waals surface area contributed by atoms with E-state index in [9.17, 15) is 0 Å². The molecule has 14 rings (SSSR count). The monoisotopic (exact) mass is 818 g/mol. The van der Waals surface area contributed by atoms with Crippen LogP contribution in [0.4, 0.5) is 0 Å². The zero-order valence-corrected chi connectivity index (χ0v) is 37.5. The second-order valence-electron chi connectivity index (χ2n) is 19.3. The Labute approximate surface area is 375 Å². The van der Waals surface area contributed by atoms with Gasteiger partial charge in [-0.1, -0.05) is 123 Å². The lowest BCUT2D eigenvalue weighted by Crippen LogP contribution is -2.53. The van der Waals surface area contributed by atoms with Gasteiger partial charge in [0.1, 0.15) is 11.5 Å². The number of fused-ring (bicyclic) bond motifs is 10. The quantitative estimate of drug-likeness (QED) is 0.130. The second kappa shape index (κ2) is 12.4. The normalized spacial score (nSPS) is 13.2. The highest BCUT2D eigenvalue weighted by atomic mass is 16.5. The van der Waals surface area contributed by atoms with Gasteiger partial charge in [-0.3, -0.25) is 0 Å². The molecule has 10 aromatic carbocycles. The minimum absolute atomic E-state index is 0.0898. The van der Waals surface area contributed by atoms with E-state index >= 15 is 0 Å². The molecular formula is C60H44B2O2. The predicted octanol–water partition coefficient (Wildman–Crippen LogP) is 10.7. The third-order valence-corrected chi connectivity index (χ3v) is 15.8. The van der Waals surface area contributed by atoms with Crippen molar-refractivity contribution in [3.8, 4) is 78.3 Å². The first-order chi connectivity index (χ1) is 31.1. The van der Waals surface area contributed by atoms with Gasteiger partial charge >= 0.3 is 0 Å². The van der Waals surface area contributed by atoms with Crippen molar-refractivity contribution in [2.75, 3.05) is 14.2 Å². The summed E-state index contributed by atoms with van der Waals surface area (Å²) in [5.74, 6) is 1.80. The van der Waals surface area contributed by atoms with Crippen molar-refractivity contribution in [3.63, 3.8) is 0 Å². The molecule has 2 nitrogen and oxygen atoms in total. The van der Waals surface area contributed by atoms with Crippen LogP contribution < -0.4 is 42.3 Å². The molecule has 4 heteroatoms.